The maximum atomic E-state index is 2.65. The molecule has 0 aromatic heterocycles. The first-order valence-electron chi connectivity index (χ1n) is 14.6. The molecule has 0 nitrogen and oxygen atoms in total. The van der Waals surface area contributed by atoms with Gasteiger partial charge in [0.05, 0.1) is 0 Å². The van der Waals surface area contributed by atoms with E-state index in [2.05, 4.69) is 67.5 Å². The molecule has 0 aliphatic rings. The van der Waals surface area contributed by atoms with E-state index in [1.807, 2.05) is 0 Å². The van der Waals surface area contributed by atoms with Crippen molar-refractivity contribution >= 4 is 21.5 Å². The molecule has 34 heavy (non-hydrogen) atoms. The predicted molar refractivity (Wildman–Crippen MR) is 155 cm³/mol. The average molecular weight is 459 g/mol. The lowest BCUT2D eigenvalue weighted by Gasteiger charge is -2.25. The Morgan fingerprint density at radius 2 is 0.588 bits per heavy atom. The van der Waals surface area contributed by atoms with E-state index in [4.69, 9.17) is 0 Å². The monoisotopic (exact) mass is 458 g/mol. The van der Waals surface area contributed by atoms with Gasteiger partial charge in [0.15, 0.2) is 0 Å². The van der Waals surface area contributed by atoms with Crippen LogP contribution in [0.25, 0.3) is 21.5 Å². The fourth-order valence-electron chi connectivity index (χ4n) is 6.81. The molecule has 0 aliphatic heterocycles. The van der Waals surface area contributed by atoms with Crippen LogP contribution in [-0.4, -0.2) is 0 Å². The van der Waals surface area contributed by atoms with Crippen molar-refractivity contribution in [2.45, 2.75) is 132 Å². The molecule has 0 spiro atoms. The molecular formula is C34H50. The van der Waals surface area contributed by atoms with Gasteiger partial charge < -0.3 is 0 Å². The highest BCUT2D eigenvalue weighted by molar-refractivity contribution is 6.05. The first-order valence-corrected chi connectivity index (χ1v) is 14.6. The van der Waals surface area contributed by atoms with Gasteiger partial charge in [0.25, 0.3) is 0 Å². The van der Waals surface area contributed by atoms with Gasteiger partial charge in [-0.1, -0.05) is 81.1 Å². The van der Waals surface area contributed by atoms with Crippen molar-refractivity contribution in [1.82, 2.24) is 0 Å². The largest absolute Gasteiger partial charge is 0.0651 e. The third-order valence-corrected chi connectivity index (χ3v) is 8.06. The van der Waals surface area contributed by atoms with Crippen molar-refractivity contribution in [3.05, 3.63) is 56.6 Å². The fraction of sp³-hybridized carbons (Fsp3) is 0.588. The molecule has 0 atom stereocenters. The quantitative estimate of drug-likeness (QED) is 0.237. The van der Waals surface area contributed by atoms with Gasteiger partial charge in [0.2, 0.25) is 0 Å². The van der Waals surface area contributed by atoms with E-state index in [9.17, 15) is 0 Å². The third-order valence-electron chi connectivity index (χ3n) is 8.06. The molecule has 0 bridgehead atoms. The van der Waals surface area contributed by atoms with Crippen molar-refractivity contribution in [3.63, 3.8) is 0 Å². The predicted octanol–water partition coefficient (Wildman–Crippen LogP) is 10.1. The minimum atomic E-state index is 1.13. The Morgan fingerprint density at radius 3 is 0.853 bits per heavy atom. The standard InChI is InChI=1S/C34H50/c1-9-17-27-28(18-10-2)30(20-12-4)34-22-32-26(16-8)24(14-6)23(13-5)25(15-7)31(32)21-33(34)29(27)19-11-3/h21-22H,9-20H2,1-8H3. The molecule has 0 aliphatic carbocycles. The summed E-state index contributed by atoms with van der Waals surface area (Å²) in [5.74, 6) is 0. The molecule has 0 amide bonds. The number of fused-ring (bicyclic) bond motifs is 2. The highest BCUT2D eigenvalue weighted by atomic mass is 14.3. The number of aryl methyl sites for hydroxylation is 4. The van der Waals surface area contributed by atoms with Crippen molar-refractivity contribution in [2.75, 3.05) is 0 Å². The average Bonchev–Trinajstić information content (AvgIpc) is 2.85. The van der Waals surface area contributed by atoms with E-state index < -0.39 is 0 Å². The molecule has 0 unspecified atom stereocenters. The van der Waals surface area contributed by atoms with E-state index in [0.29, 0.717) is 0 Å². The Kier molecular flexibility index (Phi) is 9.64. The normalized spacial score (nSPS) is 11.8. The van der Waals surface area contributed by atoms with E-state index in [1.165, 1.54) is 51.4 Å². The second-order valence-corrected chi connectivity index (χ2v) is 10.2. The third kappa shape index (κ3) is 4.67. The summed E-state index contributed by atoms with van der Waals surface area (Å²) in [6, 6.07) is 5.31. The van der Waals surface area contributed by atoms with Crippen LogP contribution in [0.1, 0.15) is 126 Å². The van der Waals surface area contributed by atoms with Gasteiger partial charge in [-0.25, -0.2) is 0 Å². The summed E-state index contributed by atoms with van der Waals surface area (Å²) in [6.07, 6.45) is 14.3. The van der Waals surface area contributed by atoms with E-state index >= 15 is 0 Å². The second-order valence-electron chi connectivity index (χ2n) is 10.2. The minimum Gasteiger partial charge on any atom is -0.0651 e. The number of hydrogen-bond donors (Lipinski definition) is 0. The van der Waals surface area contributed by atoms with Gasteiger partial charge in [-0.3, -0.25) is 0 Å². The van der Waals surface area contributed by atoms with Crippen molar-refractivity contribution in [1.29, 1.82) is 0 Å². The van der Waals surface area contributed by atoms with Crippen molar-refractivity contribution < 1.29 is 0 Å². The maximum Gasteiger partial charge on any atom is -0.0140 e. The van der Waals surface area contributed by atoms with Crippen LogP contribution in [-0.2, 0) is 51.4 Å². The van der Waals surface area contributed by atoms with Gasteiger partial charge >= 0.3 is 0 Å². The topological polar surface area (TPSA) is 0 Å². The van der Waals surface area contributed by atoms with Gasteiger partial charge in [-0.05, 0) is 130 Å². The molecule has 3 aromatic rings. The van der Waals surface area contributed by atoms with Gasteiger partial charge in [0, 0.05) is 0 Å². The molecule has 3 aromatic carbocycles. The van der Waals surface area contributed by atoms with Crippen LogP contribution in [0, 0.1) is 0 Å². The van der Waals surface area contributed by atoms with Crippen molar-refractivity contribution in [3.8, 4) is 0 Å². The van der Waals surface area contributed by atoms with Crippen LogP contribution < -0.4 is 0 Å². The Bertz CT molecular complexity index is 1040. The first kappa shape index (κ1) is 26.8. The van der Waals surface area contributed by atoms with Gasteiger partial charge in [-0.15, -0.1) is 0 Å². The van der Waals surface area contributed by atoms with Gasteiger partial charge in [0.1, 0.15) is 0 Å². The van der Waals surface area contributed by atoms with E-state index in [0.717, 1.165) is 25.7 Å². The molecule has 3 rings (SSSR count). The zero-order valence-electron chi connectivity index (χ0n) is 23.6. The zero-order chi connectivity index (χ0) is 24.8. The number of hydrogen-bond acceptors (Lipinski definition) is 0. The highest BCUT2D eigenvalue weighted by Gasteiger charge is 2.21. The molecular weight excluding hydrogens is 408 g/mol. The molecule has 0 saturated carbocycles. The lowest BCUT2D eigenvalue weighted by Crippen LogP contribution is -2.09. The van der Waals surface area contributed by atoms with E-state index in [-0.39, 0.29) is 0 Å². The van der Waals surface area contributed by atoms with Crippen LogP contribution in [0.4, 0.5) is 0 Å². The van der Waals surface area contributed by atoms with Crippen LogP contribution in [0.2, 0.25) is 0 Å². The Labute approximate surface area is 210 Å². The molecule has 186 valence electrons. The fourth-order valence-corrected chi connectivity index (χ4v) is 6.81. The van der Waals surface area contributed by atoms with Crippen LogP contribution in [0.5, 0.6) is 0 Å². The summed E-state index contributed by atoms with van der Waals surface area (Å²) in [7, 11) is 0. The Hall–Kier alpha value is -1.82. The number of rotatable bonds is 12. The Balaban J connectivity index is 2.63. The maximum absolute atomic E-state index is 2.65. The Morgan fingerprint density at radius 1 is 0.324 bits per heavy atom. The highest BCUT2D eigenvalue weighted by Crippen LogP contribution is 2.40. The SMILES string of the molecule is CCCc1c(CCC)c(CCC)c2cc3c(CC)c(CC)c(CC)c(CC)c3cc2c1CCC. The van der Waals surface area contributed by atoms with Crippen LogP contribution >= 0.6 is 0 Å². The second kappa shape index (κ2) is 12.2. The number of benzene rings is 3. The lowest BCUT2D eigenvalue weighted by molar-refractivity contribution is 0.810. The van der Waals surface area contributed by atoms with Crippen LogP contribution in [0.3, 0.4) is 0 Å². The summed E-state index contributed by atoms with van der Waals surface area (Å²) in [4.78, 5) is 0. The summed E-state index contributed by atoms with van der Waals surface area (Å²) in [6.45, 7) is 18.9. The van der Waals surface area contributed by atoms with Gasteiger partial charge in [-0.2, -0.15) is 0 Å². The lowest BCUT2D eigenvalue weighted by atomic mass is 9.79. The zero-order valence-corrected chi connectivity index (χ0v) is 23.6. The summed E-state index contributed by atoms with van der Waals surface area (Å²) >= 11 is 0. The smallest absolute Gasteiger partial charge is 0.0140 e. The molecule has 0 heteroatoms. The summed E-state index contributed by atoms with van der Waals surface area (Å²) in [5.41, 5.74) is 13.2. The molecule has 0 saturated heterocycles. The summed E-state index contributed by atoms with van der Waals surface area (Å²) < 4.78 is 0. The molecule has 0 heterocycles. The van der Waals surface area contributed by atoms with Crippen molar-refractivity contribution in [2.24, 2.45) is 0 Å². The molecule has 0 radical (unpaired) electrons. The van der Waals surface area contributed by atoms with E-state index in [1.54, 1.807) is 66.1 Å². The first-order chi connectivity index (χ1) is 16.6. The molecule has 0 N–H and O–H groups in total. The minimum absolute atomic E-state index is 1.13. The van der Waals surface area contributed by atoms with Crippen LogP contribution in [0.15, 0.2) is 12.1 Å². The molecule has 0 fully saturated rings. The summed E-state index contributed by atoms with van der Waals surface area (Å²) in [5, 5.41) is 6.24.